The molecule has 19 heavy (non-hydrogen) atoms. The Morgan fingerprint density at radius 2 is 1.84 bits per heavy atom. The minimum atomic E-state index is 0.605. The normalized spacial score (nSPS) is 28.8. The van der Waals surface area contributed by atoms with E-state index in [9.17, 15) is 0 Å². The fraction of sp³-hybridized carbons (Fsp3) is 0.714. The first kappa shape index (κ1) is 12.8. The Balaban J connectivity index is 1.68. The highest BCUT2D eigenvalue weighted by Crippen LogP contribution is 2.25. The molecular formula is C14H22N4O. The van der Waals surface area contributed by atoms with Crippen molar-refractivity contribution in [3.05, 3.63) is 18.0 Å². The molecule has 0 aromatic carbocycles. The highest BCUT2D eigenvalue weighted by atomic mass is 16.5. The van der Waals surface area contributed by atoms with Crippen LogP contribution in [0.5, 0.6) is 0 Å². The van der Waals surface area contributed by atoms with Crippen LogP contribution in [0.1, 0.15) is 12.5 Å². The largest absolute Gasteiger partial charge is 0.379 e. The van der Waals surface area contributed by atoms with Crippen LogP contribution in [-0.2, 0) is 4.74 Å². The van der Waals surface area contributed by atoms with Gasteiger partial charge >= 0.3 is 0 Å². The molecule has 5 heteroatoms. The van der Waals surface area contributed by atoms with Crippen LogP contribution in [0.25, 0.3) is 0 Å². The van der Waals surface area contributed by atoms with Gasteiger partial charge in [-0.25, -0.2) is 9.97 Å². The molecule has 0 aliphatic carbocycles. The number of nitrogens with zero attached hydrogens (tertiary/aromatic N) is 4. The van der Waals surface area contributed by atoms with Gasteiger partial charge in [0.25, 0.3) is 0 Å². The second kappa shape index (κ2) is 5.43. The third kappa shape index (κ3) is 2.72. The van der Waals surface area contributed by atoms with Crippen molar-refractivity contribution >= 4 is 5.95 Å². The maximum Gasteiger partial charge on any atom is 0.225 e. The van der Waals surface area contributed by atoms with Gasteiger partial charge < -0.3 is 9.64 Å². The number of hydrogen-bond donors (Lipinski definition) is 0. The second-order valence-corrected chi connectivity index (χ2v) is 5.66. The van der Waals surface area contributed by atoms with Gasteiger partial charge in [0.2, 0.25) is 5.95 Å². The molecule has 2 unspecified atom stereocenters. The summed E-state index contributed by atoms with van der Waals surface area (Å²) in [6, 6.07) is 0.605. The van der Waals surface area contributed by atoms with E-state index in [4.69, 9.17) is 4.74 Å². The quantitative estimate of drug-likeness (QED) is 0.793. The summed E-state index contributed by atoms with van der Waals surface area (Å²) in [5, 5.41) is 0. The molecule has 0 saturated carbocycles. The van der Waals surface area contributed by atoms with E-state index >= 15 is 0 Å². The van der Waals surface area contributed by atoms with E-state index in [1.807, 2.05) is 19.3 Å². The topological polar surface area (TPSA) is 41.5 Å². The number of hydrogen-bond acceptors (Lipinski definition) is 5. The van der Waals surface area contributed by atoms with Crippen LogP contribution in [0.4, 0.5) is 5.95 Å². The van der Waals surface area contributed by atoms with Crippen molar-refractivity contribution < 1.29 is 4.74 Å². The van der Waals surface area contributed by atoms with Crippen LogP contribution in [0.3, 0.4) is 0 Å². The number of anilines is 1. The van der Waals surface area contributed by atoms with Gasteiger partial charge in [-0.2, -0.15) is 0 Å². The number of rotatable bonds is 2. The van der Waals surface area contributed by atoms with Gasteiger partial charge in [0.15, 0.2) is 0 Å². The summed E-state index contributed by atoms with van der Waals surface area (Å²) < 4.78 is 5.44. The lowest BCUT2D eigenvalue weighted by Crippen LogP contribution is -2.46. The molecule has 5 nitrogen and oxygen atoms in total. The lowest BCUT2D eigenvalue weighted by Gasteiger charge is -2.33. The van der Waals surface area contributed by atoms with Gasteiger partial charge in [0.05, 0.1) is 13.2 Å². The molecular weight excluding hydrogens is 240 g/mol. The number of aromatic nitrogens is 2. The Morgan fingerprint density at radius 1 is 1.16 bits per heavy atom. The van der Waals surface area contributed by atoms with Crippen LogP contribution >= 0.6 is 0 Å². The molecule has 2 atom stereocenters. The second-order valence-electron chi connectivity index (χ2n) is 5.66. The highest BCUT2D eigenvalue weighted by molar-refractivity contribution is 5.32. The van der Waals surface area contributed by atoms with Crippen molar-refractivity contribution in [2.45, 2.75) is 19.9 Å². The van der Waals surface area contributed by atoms with Crippen LogP contribution in [0.15, 0.2) is 12.4 Å². The molecule has 0 bridgehead atoms. The summed E-state index contributed by atoms with van der Waals surface area (Å²) >= 11 is 0. The highest BCUT2D eigenvalue weighted by Gasteiger charge is 2.35. The van der Waals surface area contributed by atoms with Crippen molar-refractivity contribution in [2.75, 3.05) is 44.3 Å². The lowest BCUT2D eigenvalue weighted by molar-refractivity contribution is 0.0134. The summed E-state index contributed by atoms with van der Waals surface area (Å²) in [7, 11) is 0. The molecule has 3 rings (SSSR count). The molecule has 1 aromatic rings. The minimum absolute atomic E-state index is 0.605. The minimum Gasteiger partial charge on any atom is -0.379 e. The molecule has 0 spiro atoms. The van der Waals surface area contributed by atoms with E-state index < -0.39 is 0 Å². The van der Waals surface area contributed by atoms with Crippen molar-refractivity contribution in [1.82, 2.24) is 14.9 Å². The van der Waals surface area contributed by atoms with Gasteiger partial charge in [-0.1, -0.05) is 6.92 Å². The molecule has 3 heterocycles. The predicted molar refractivity (Wildman–Crippen MR) is 74.3 cm³/mol. The van der Waals surface area contributed by atoms with Crippen molar-refractivity contribution in [3.8, 4) is 0 Å². The van der Waals surface area contributed by atoms with Gasteiger partial charge in [-0.3, -0.25) is 4.90 Å². The zero-order valence-corrected chi connectivity index (χ0v) is 11.7. The summed E-state index contributed by atoms with van der Waals surface area (Å²) in [6.07, 6.45) is 3.80. The van der Waals surface area contributed by atoms with Gasteiger partial charge in [-0.05, 0) is 18.4 Å². The number of morpholine rings is 1. The Kier molecular flexibility index (Phi) is 3.66. The predicted octanol–water partition coefficient (Wildman–Crippen LogP) is 0.942. The Morgan fingerprint density at radius 3 is 2.53 bits per heavy atom. The monoisotopic (exact) mass is 262 g/mol. The fourth-order valence-corrected chi connectivity index (χ4v) is 3.05. The molecule has 2 fully saturated rings. The van der Waals surface area contributed by atoms with Crippen molar-refractivity contribution in [3.63, 3.8) is 0 Å². The number of ether oxygens (including phenoxy) is 1. The molecule has 0 N–H and O–H groups in total. The van der Waals surface area contributed by atoms with Crippen molar-refractivity contribution in [1.29, 1.82) is 0 Å². The SMILES string of the molecule is Cc1cnc(N2CC(C)C(N3CCOCC3)C2)nc1. The smallest absolute Gasteiger partial charge is 0.225 e. The maximum absolute atomic E-state index is 5.44. The maximum atomic E-state index is 5.44. The Hall–Kier alpha value is -1.20. The first-order valence-electron chi connectivity index (χ1n) is 7.09. The number of aryl methyl sites for hydroxylation is 1. The zero-order valence-electron chi connectivity index (χ0n) is 11.7. The first-order valence-corrected chi connectivity index (χ1v) is 7.09. The van der Waals surface area contributed by atoms with E-state index in [-0.39, 0.29) is 0 Å². The Labute approximate surface area is 114 Å². The van der Waals surface area contributed by atoms with E-state index in [0.717, 1.165) is 50.9 Å². The molecule has 2 aliphatic heterocycles. The van der Waals surface area contributed by atoms with E-state index in [2.05, 4.69) is 26.7 Å². The molecule has 0 radical (unpaired) electrons. The van der Waals surface area contributed by atoms with Gasteiger partial charge in [-0.15, -0.1) is 0 Å². The average Bonchev–Trinajstić information content (AvgIpc) is 2.83. The molecule has 2 saturated heterocycles. The summed E-state index contributed by atoms with van der Waals surface area (Å²) in [5.41, 5.74) is 1.11. The molecule has 104 valence electrons. The average molecular weight is 262 g/mol. The van der Waals surface area contributed by atoms with Crippen LogP contribution in [0, 0.1) is 12.8 Å². The third-order valence-corrected chi connectivity index (χ3v) is 4.14. The zero-order chi connectivity index (χ0) is 13.2. The van der Waals surface area contributed by atoms with Crippen molar-refractivity contribution in [2.24, 2.45) is 5.92 Å². The van der Waals surface area contributed by atoms with Crippen LogP contribution in [0.2, 0.25) is 0 Å². The fourth-order valence-electron chi connectivity index (χ4n) is 3.05. The van der Waals surface area contributed by atoms with Gasteiger partial charge in [0, 0.05) is 44.6 Å². The standard InChI is InChI=1S/C14H22N4O/c1-11-7-15-14(16-8-11)18-9-12(2)13(10-18)17-3-5-19-6-4-17/h7-8,12-13H,3-6,9-10H2,1-2H3. The van der Waals surface area contributed by atoms with Gasteiger partial charge in [0.1, 0.15) is 0 Å². The van der Waals surface area contributed by atoms with Crippen LogP contribution in [-0.4, -0.2) is 60.3 Å². The third-order valence-electron chi connectivity index (χ3n) is 4.14. The lowest BCUT2D eigenvalue weighted by atomic mass is 10.0. The van der Waals surface area contributed by atoms with E-state index in [1.165, 1.54) is 0 Å². The first-order chi connectivity index (χ1) is 9.24. The molecule has 0 amide bonds. The summed E-state index contributed by atoms with van der Waals surface area (Å²) in [5.74, 6) is 1.52. The molecule has 2 aliphatic rings. The summed E-state index contributed by atoms with van der Waals surface area (Å²) in [6.45, 7) is 10.3. The van der Waals surface area contributed by atoms with E-state index in [1.54, 1.807) is 0 Å². The molecule has 1 aromatic heterocycles. The van der Waals surface area contributed by atoms with E-state index in [0.29, 0.717) is 12.0 Å². The summed E-state index contributed by atoms with van der Waals surface area (Å²) in [4.78, 5) is 13.8. The Bertz CT molecular complexity index is 416. The van der Waals surface area contributed by atoms with Crippen LogP contribution < -0.4 is 4.90 Å².